The van der Waals surface area contributed by atoms with Crippen molar-refractivity contribution in [3.8, 4) is 0 Å². The second-order valence-corrected chi connectivity index (χ2v) is 3.98. The van der Waals surface area contributed by atoms with Crippen LogP contribution >= 0.6 is 0 Å². The molecule has 1 N–H and O–H groups in total. The molecule has 1 rings (SSSR count). The van der Waals surface area contributed by atoms with Gasteiger partial charge in [-0.1, -0.05) is 18.2 Å². The number of hydrogen-bond donors (Lipinski definition) is 1. The van der Waals surface area contributed by atoms with Gasteiger partial charge in [-0.15, -0.1) is 0 Å². The third-order valence-electron chi connectivity index (χ3n) is 2.21. The number of rotatable bonds is 4. The molecule has 1 unspecified atom stereocenters. The number of aliphatic hydroxyl groups excluding tert-OH is 1. The van der Waals surface area contributed by atoms with Crippen LogP contribution in [0.3, 0.4) is 0 Å². The Hall–Kier alpha value is -1.07. The van der Waals surface area contributed by atoms with Gasteiger partial charge in [0.2, 0.25) is 0 Å². The van der Waals surface area contributed by atoms with Gasteiger partial charge in [0.15, 0.2) is 0 Å². The highest BCUT2D eigenvalue weighted by Gasteiger charge is 2.34. The number of aliphatic hydroxyl groups is 1. The van der Waals surface area contributed by atoms with Crippen molar-refractivity contribution >= 4 is 0 Å². The highest BCUT2D eigenvalue weighted by molar-refractivity contribution is 5.31. The zero-order valence-corrected chi connectivity index (χ0v) is 9.66. The van der Waals surface area contributed by atoms with E-state index in [4.69, 9.17) is 4.74 Å². The molecule has 0 fully saturated rings. The molecule has 0 aromatic heterocycles. The second-order valence-electron chi connectivity index (χ2n) is 3.98. The van der Waals surface area contributed by atoms with Gasteiger partial charge in [0, 0.05) is 0 Å². The van der Waals surface area contributed by atoms with Gasteiger partial charge in [-0.25, -0.2) is 0 Å². The molecule has 0 heterocycles. The van der Waals surface area contributed by atoms with Crippen LogP contribution < -0.4 is 0 Å². The zero-order chi connectivity index (χ0) is 13.1. The number of halogens is 3. The van der Waals surface area contributed by atoms with Crippen LogP contribution in [0.15, 0.2) is 24.3 Å². The predicted molar refractivity (Wildman–Crippen MR) is 57.5 cm³/mol. The van der Waals surface area contributed by atoms with Crippen LogP contribution in [-0.4, -0.2) is 17.8 Å². The summed E-state index contributed by atoms with van der Waals surface area (Å²) in [7, 11) is 0. The minimum Gasteiger partial charge on any atom is -0.386 e. The molecule has 0 radical (unpaired) electrons. The third kappa shape index (κ3) is 4.02. The summed E-state index contributed by atoms with van der Waals surface area (Å²) in [5, 5.41) is 9.69. The highest BCUT2D eigenvalue weighted by Crippen LogP contribution is 2.34. The average Bonchev–Trinajstić information content (AvgIpc) is 2.24. The molecule has 0 aliphatic rings. The van der Waals surface area contributed by atoms with Crippen molar-refractivity contribution in [1.82, 2.24) is 0 Å². The molecule has 0 aliphatic heterocycles. The first-order valence-electron chi connectivity index (χ1n) is 5.28. The van der Waals surface area contributed by atoms with E-state index in [1.165, 1.54) is 18.2 Å². The van der Waals surface area contributed by atoms with E-state index in [9.17, 15) is 18.3 Å². The van der Waals surface area contributed by atoms with E-state index in [1.807, 2.05) is 0 Å². The Labute approximate surface area is 98.0 Å². The maximum Gasteiger partial charge on any atom is 0.416 e. The van der Waals surface area contributed by atoms with Crippen LogP contribution in [0.5, 0.6) is 0 Å². The first-order chi connectivity index (χ1) is 7.82. The van der Waals surface area contributed by atoms with Gasteiger partial charge in [0.05, 0.1) is 18.3 Å². The average molecular weight is 248 g/mol. The Bertz CT molecular complexity index is 361. The SMILES string of the molecule is CC(C)OCC(O)c1ccccc1C(F)(F)F. The summed E-state index contributed by atoms with van der Waals surface area (Å²) in [4.78, 5) is 0. The van der Waals surface area contributed by atoms with Crippen molar-refractivity contribution in [2.24, 2.45) is 0 Å². The molecule has 0 saturated carbocycles. The fourth-order valence-corrected chi connectivity index (χ4v) is 1.42. The van der Waals surface area contributed by atoms with E-state index < -0.39 is 17.8 Å². The topological polar surface area (TPSA) is 29.5 Å². The molecule has 1 aromatic carbocycles. The van der Waals surface area contributed by atoms with Crippen LogP contribution in [0.2, 0.25) is 0 Å². The van der Waals surface area contributed by atoms with Crippen LogP contribution in [0.1, 0.15) is 31.1 Å². The van der Waals surface area contributed by atoms with Gasteiger partial charge in [0.1, 0.15) is 6.10 Å². The van der Waals surface area contributed by atoms with E-state index in [2.05, 4.69) is 0 Å². The minimum atomic E-state index is -4.46. The van der Waals surface area contributed by atoms with Gasteiger partial charge in [0.25, 0.3) is 0 Å². The Kier molecular flexibility index (Phi) is 4.54. The van der Waals surface area contributed by atoms with Crippen LogP contribution in [0.25, 0.3) is 0 Å². The largest absolute Gasteiger partial charge is 0.416 e. The molecule has 2 nitrogen and oxygen atoms in total. The standard InChI is InChI=1S/C12H15F3O2/c1-8(2)17-7-11(16)9-5-3-4-6-10(9)12(13,14)15/h3-6,8,11,16H,7H2,1-2H3. The minimum absolute atomic E-state index is 0.136. The fraction of sp³-hybridized carbons (Fsp3) is 0.500. The summed E-state index contributed by atoms with van der Waals surface area (Å²) in [6, 6.07) is 4.97. The predicted octanol–water partition coefficient (Wildman–Crippen LogP) is 3.16. The molecule has 0 bridgehead atoms. The van der Waals surface area contributed by atoms with Gasteiger partial charge in [-0.2, -0.15) is 13.2 Å². The quantitative estimate of drug-likeness (QED) is 0.886. The van der Waals surface area contributed by atoms with Gasteiger partial charge in [-0.05, 0) is 25.5 Å². The summed E-state index contributed by atoms with van der Waals surface area (Å²) in [6.45, 7) is 3.36. The number of ether oxygens (including phenoxy) is 1. The van der Waals surface area contributed by atoms with Crippen molar-refractivity contribution in [3.05, 3.63) is 35.4 Å². The highest BCUT2D eigenvalue weighted by atomic mass is 19.4. The van der Waals surface area contributed by atoms with Crippen molar-refractivity contribution in [1.29, 1.82) is 0 Å². The lowest BCUT2D eigenvalue weighted by atomic mass is 10.0. The number of benzene rings is 1. The van der Waals surface area contributed by atoms with E-state index in [-0.39, 0.29) is 18.3 Å². The lowest BCUT2D eigenvalue weighted by Crippen LogP contribution is -2.17. The van der Waals surface area contributed by atoms with Crippen molar-refractivity contribution in [2.75, 3.05) is 6.61 Å². The molecule has 17 heavy (non-hydrogen) atoms. The third-order valence-corrected chi connectivity index (χ3v) is 2.21. The van der Waals surface area contributed by atoms with E-state index in [0.717, 1.165) is 6.07 Å². The summed E-state index contributed by atoms with van der Waals surface area (Å²) in [6.07, 6.45) is -5.87. The zero-order valence-electron chi connectivity index (χ0n) is 9.66. The molecular weight excluding hydrogens is 233 g/mol. The van der Waals surface area contributed by atoms with E-state index >= 15 is 0 Å². The second kappa shape index (κ2) is 5.51. The van der Waals surface area contributed by atoms with Gasteiger partial charge >= 0.3 is 6.18 Å². The van der Waals surface area contributed by atoms with Crippen LogP contribution in [0.4, 0.5) is 13.2 Å². The van der Waals surface area contributed by atoms with Crippen LogP contribution in [-0.2, 0) is 10.9 Å². The van der Waals surface area contributed by atoms with E-state index in [1.54, 1.807) is 13.8 Å². The molecule has 0 amide bonds. The molecule has 1 atom stereocenters. The molecule has 96 valence electrons. The van der Waals surface area contributed by atoms with Gasteiger partial charge < -0.3 is 9.84 Å². The summed E-state index contributed by atoms with van der Waals surface area (Å²) >= 11 is 0. The number of alkyl halides is 3. The monoisotopic (exact) mass is 248 g/mol. The van der Waals surface area contributed by atoms with Crippen molar-refractivity contribution in [2.45, 2.75) is 32.2 Å². The number of hydrogen-bond acceptors (Lipinski definition) is 2. The lowest BCUT2D eigenvalue weighted by molar-refractivity contribution is -0.139. The summed E-state index contributed by atoms with van der Waals surface area (Å²) in [5.74, 6) is 0. The van der Waals surface area contributed by atoms with Gasteiger partial charge in [-0.3, -0.25) is 0 Å². The normalized spacial score (nSPS) is 14.1. The summed E-state index contributed by atoms with van der Waals surface area (Å²) < 4.78 is 43.1. The first-order valence-corrected chi connectivity index (χ1v) is 5.28. The Morgan fingerprint density at radius 2 is 1.82 bits per heavy atom. The van der Waals surface area contributed by atoms with Crippen LogP contribution in [0, 0.1) is 0 Å². The Balaban J connectivity index is 2.89. The lowest BCUT2D eigenvalue weighted by Gasteiger charge is -2.18. The van der Waals surface area contributed by atoms with E-state index in [0.29, 0.717) is 0 Å². The maximum atomic E-state index is 12.7. The first kappa shape index (κ1) is 14.0. The molecule has 5 heteroatoms. The smallest absolute Gasteiger partial charge is 0.386 e. The van der Waals surface area contributed by atoms with Crippen molar-refractivity contribution < 1.29 is 23.0 Å². The molecule has 0 aliphatic carbocycles. The molecule has 1 aromatic rings. The molecule has 0 spiro atoms. The Morgan fingerprint density at radius 3 is 2.35 bits per heavy atom. The fourth-order valence-electron chi connectivity index (χ4n) is 1.42. The Morgan fingerprint density at radius 1 is 1.24 bits per heavy atom. The summed E-state index contributed by atoms with van der Waals surface area (Å²) in [5.41, 5.74) is -0.972. The molecule has 0 saturated heterocycles. The molecular formula is C12H15F3O2. The maximum absolute atomic E-state index is 12.7. The van der Waals surface area contributed by atoms with Crippen molar-refractivity contribution in [3.63, 3.8) is 0 Å².